The quantitative estimate of drug-likeness (QED) is 0.0320. The van der Waals surface area contributed by atoms with Crippen LogP contribution in [0.1, 0.15) is 281 Å². The average Bonchev–Trinajstić information content (AvgIpc) is 3.32. The van der Waals surface area contributed by atoms with Gasteiger partial charge in [0.15, 0.2) is 0 Å². The molecule has 0 N–H and O–H groups in total. The van der Waals surface area contributed by atoms with Gasteiger partial charge in [0.25, 0.3) is 0 Å². The predicted molar refractivity (Wildman–Crippen MR) is 293 cm³/mol. The highest BCUT2D eigenvalue weighted by atomic mass is 16.6. The number of amides is 1. The summed E-state index contributed by atoms with van der Waals surface area (Å²) in [5.74, 6) is -2.78. The van der Waals surface area contributed by atoms with Gasteiger partial charge in [0.05, 0.1) is 32.5 Å². The fourth-order valence-electron chi connectivity index (χ4n) is 8.90. The summed E-state index contributed by atoms with van der Waals surface area (Å²) in [5.41, 5.74) is -0.618. The second kappa shape index (κ2) is 46.6. The molecule has 2 unspecified atom stereocenters. The molecule has 1 aliphatic heterocycles. The minimum atomic E-state index is -0.618. The van der Waals surface area contributed by atoms with Gasteiger partial charge in [0.1, 0.15) is 18.0 Å². The van der Waals surface area contributed by atoms with Crippen LogP contribution in [-0.2, 0) is 57.2 Å². The second-order valence-electron chi connectivity index (χ2n) is 21.7. The molecule has 74 heavy (non-hydrogen) atoms. The van der Waals surface area contributed by atoms with E-state index < -0.39 is 35.5 Å². The van der Waals surface area contributed by atoms with E-state index in [0.29, 0.717) is 32.8 Å². The molecule has 0 saturated carbocycles. The minimum Gasteiger partial charge on any atom is -0.466 e. The number of carbonyl (C=O) groups excluding carboxylic acids is 7. The predicted octanol–water partition coefficient (Wildman–Crippen LogP) is 14.9. The van der Waals surface area contributed by atoms with Gasteiger partial charge in [-0.2, -0.15) is 0 Å². The van der Waals surface area contributed by atoms with Gasteiger partial charge >= 0.3 is 35.9 Å². The highest BCUT2D eigenvalue weighted by Gasteiger charge is 2.43. The van der Waals surface area contributed by atoms with Gasteiger partial charge in [-0.25, -0.2) is 4.79 Å². The molecule has 1 amide bonds. The SMILES string of the molecule is CCCCCCCCOC(=O)CC(CC(=O)CCC)CC(=O)OCCCCCCCC.CCCCCCCCOC(=O)CC(CC(=O)OCCCCCCCC)CC(=O)OCC1CC(CC)N1C(=O)OC(C)(C)C. The number of nitrogens with zero attached hydrogens (tertiary/aromatic N) is 1. The van der Waals surface area contributed by atoms with Gasteiger partial charge < -0.3 is 28.4 Å². The van der Waals surface area contributed by atoms with Crippen LogP contribution in [0.5, 0.6) is 0 Å². The average molecular weight is 1050 g/mol. The number of esters is 5. The molecule has 2 atom stereocenters. The van der Waals surface area contributed by atoms with Crippen LogP contribution in [0, 0.1) is 11.8 Å². The van der Waals surface area contributed by atoms with Crippen molar-refractivity contribution in [3.63, 3.8) is 0 Å². The Morgan fingerprint density at radius 3 is 1.03 bits per heavy atom. The normalized spacial score (nSPS) is 14.2. The lowest BCUT2D eigenvalue weighted by molar-refractivity contribution is -0.153. The van der Waals surface area contributed by atoms with E-state index in [1.807, 2.05) is 34.6 Å². The number of rotatable bonds is 45. The van der Waals surface area contributed by atoms with Gasteiger partial charge in [-0.1, -0.05) is 170 Å². The van der Waals surface area contributed by atoms with E-state index in [2.05, 4.69) is 27.7 Å². The van der Waals surface area contributed by atoms with E-state index in [0.717, 1.165) is 83.5 Å². The van der Waals surface area contributed by atoms with Crippen LogP contribution in [0.4, 0.5) is 4.79 Å². The van der Waals surface area contributed by atoms with Crippen LogP contribution in [0.25, 0.3) is 0 Å². The van der Waals surface area contributed by atoms with Crippen molar-refractivity contribution < 1.29 is 62.0 Å². The number of carbonyl (C=O) groups is 7. The van der Waals surface area contributed by atoms with Crippen LogP contribution < -0.4 is 0 Å². The van der Waals surface area contributed by atoms with Crippen molar-refractivity contribution in [2.45, 2.75) is 298 Å². The molecule has 1 aliphatic rings. The van der Waals surface area contributed by atoms with Crippen LogP contribution in [-0.4, -0.2) is 97.3 Å². The monoisotopic (exact) mass is 1050 g/mol. The number of Topliss-reactive ketones (excluding diaryl/α,β-unsaturated/α-hetero) is 1. The Hall–Kier alpha value is -3.71. The number of likely N-dealkylation sites (tertiary alicyclic amines) is 1. The lowest BCUT2D eigenvalue weighted by Crippen LogP contribution is -2.61. The topological polar surface area (TPSA) is 178 Å². The third kappa shape index (κ3) is 40.6. The third-order valence-corrected chi connectivity index (χ3v) is 13.2. The van der Waals surface area contributed by atoms with Gasteiger partial charge in [0.2, 0.25) is 0 Å². The molecule has 0 radical (unpaired) electrons. The van der Waals surface area contributed by atoms with Crippen molar-refractivity contribution in [2.75, 3.05) is 33.0 Å². The van der Waals surface area contributed by atoms with Crippen molar-refractivity contribution in [1.29, 1.82) is 0 Å². The highest BCUT2D eigenvalue weighted by molar-refractivity contribution is 5.81. The fourth-order valence-corrected chi connectivity index (χ4v) is 8.90. The van der Waals surface area contributed by atoms with Crippen molar-refractivity contribution in [1.82, 2.24) is 4.90 Å². The van der Waals surface area contributed by atoms with Crippen molar-refractivity contribution in [3.05, 3.63) is 0 Å². The maximum atomic E-state index is 12.8. The van der Waals surface area contributed by atoms with Crippen LogP contribution in [0.15, 0.2) is 0 Å². The van der Waals surface area contributed by atoms with E-state index in [-0.39, 0.29) is 80.9 Å². The van der Waals surface area contributed by atoms with Crippen LogP contribution in [0.3, 0.4) is 0 Å². The largest absolute Gasteiger partial charge is 0.466 e. The zero-order valence-corrected chi connectivity index (χ0v) is 48.6. The van der Waals surface area contributed by atoms with Gasteiger partial charge in [-0.3, -0.25) is 33.7 Å². The van der Waals surface area contributed by atoms with Gasteiger partial charge in [-0.15, -0.1) is 0 Å². The smallest absolute Gasteiger partial charge is 0.410 e. The van der Waals surface area contributed by atoms with Gasteiger partial charge in [0, 0.05) is 51.0 Å². The van der Waals surface area contributed by atoms with E-state index in [1.165, 1.54) is 89.9 Å². The number of ether oxygens (including phenoxy) is 6. The molecule has 14 heteroatoms. The Kier molecular flexibility index (Phi) is 44.2. The van der Waals surface area contributed by atoms with Gasteiger partial charge in [-0.05, 0) is 77.6 Å². The molecule has 0 aliphatic carbocycles. The number of unbranched alkanes of at least 4 members (excludes halogenated alkanes) is 20. The fraction of sp³-hybridized carbons (Fsp3) is 0.883. The first-order valence-electron chi connectivity index (χ1n) is 29.8. The molecule has 1 heterocycles. The van der Waals surface area contributed by atoms with E-state index in [9.17, 15) is 33.6 Å². The van der Waals surface area contributed by atoms with Crippen LogP contribution >= 0.6 is 0 Å². The lowest BCUT2D eigenvalue weighted by atomic mass is 9.92. The molecule has 0 bridgehead atoms. The molecule has 432 valence electrons. The summed E-state index contributed by atoms with van der Waals surface area (Å²) in [5, 5.41) is 0. The molecule has 14 nitrogen and oxygen atoms in total. The summed E-state index contributed by atoms with van der Waals surface area (Å²) < 4.78 is 32.6. The number of hydrogen-bond acceptors (Lipinski definition) is 13. The van der Waals surface area contributed by atoms with Crippen molar-refractivity contribution in [3.8, 4) is 0 Å². The summed E-state index contributed by atoms with van der Waals surface area (Å²) >= 11 is 0. The standard InChI is InChI=1S/C34H61NO8.C26H48O5/c1-7-10-12-14-16-18-20-40-30(36)22-27(23-31(37)41-21-19-17-15-13-11-8-2)24-32(38)42-26-29-25-28(9-3)35(29)33(39)43-34(4,5)6;1-4-7-9-11-13-15-18-30-25(28)21-23(20-24(27)17-6-3)22-26(29)31-19-16-14-12-10-8-5-2/h27-29H,7-26H2,1-6H3;23H,4-22H2,1-3H3. The summed E-state index contributed by atoms with van der Waals surface area (Å²) in [7, 11) is 0. The highest BCUT2D eigenvalue weighted by Crippen LogP contribution is 2.31. The first-order valence-corrected chi connectivity index (χ1v) is 29.8. The Balaban J connectivity index is 0.00000152. The first-order chi connectivity index (χ1) is 35.5. The third-order valence-electron chi connectivity index (χ3n) is 13.2. The van der Waals surface area contributed by atoms with E-state index >= 15 is 0 Å². The van der Waals surface area contributed by atoms with E-state index in [4.69, 9.17) is 28.4 Å². The maximum Gasteiger partial charge on any atom is 0.410 e. The zero-order chi connectivity index (χ0) is 55.2. The molecule has 1 fully saturated rings. The number of hydrogen-bond donors (Lipinski definition) is 0. The second-order valence-corrected chi connectivity index (χ2v) is 21.7. The molecule has 1 saturated heterocycles. The van der Waals surface area contributed by atoms with E-state index in [1.54, 1.807) is 4.90 Å². The van der Waals surface area contributed by atoms with Crippen molar-refractivity contribution in [2.24, 2.45) is 11.8 Å². The molecular formula is C60H109NO13. The van der Waals surface area contributed by atoms with Crippen LogP contribution in [0.2, 0.25) is 0 Å². The molecule has 0 aromatic rings. The zero-order valence-electron chi connectivity index (χ0n) is 48.6. The first kappa shape index (κ1) is 70.3. The summed E-state index contributed by atoms with van der Waals surface area (Å²) in [6.07, 6.45) is 29.2. The van der Waals surface area contributed by atoms with Crippen molar-refractivity contribution >= 4 is 41.7 Å². The minimum absolute atomic E-state index is 0.0479. The molecule has 1 rings (SSSR count). The molecule has 0 aromatic carbocycles. The Bertz CT molecular complexity index is 1410. The Morgan fingerprint density at radius 2 is 0.716 bits per heavy atom. The summed E-state index contributed by atoms with van der Waals surface area (Å²) in [6, 6.07) is -0.207. The Morgan fingerprint density at radius 1 is 0.405 bits per heavy atom. The molecular weight excluding hydrogens is 943 g/mol. The molecule has 0 aromatic heterocycles. The summed E-state index contributed by atoms with van der Waals surface area (Å²) in [4.78, 5) is 88.8. The maximum absolute atomic E-state index is 12.8. The Labute approximate surface area is 450 Å². The number of ketones is 1. The summed E-state index contributed by atoms with van der Waals surface area (Å²) in [6.45, 7) is 19.7. The molecule has 0 spiro atoms. The lowest BCUT2D eigenvalue weighted by Gasteiger charge is -2.47.